The monoisotopic (exact) mass is 406 g/mol. The number of nitrogens with zero attached hydrogens (tertiary/aromatic N) is 4. The second-order valence-electron chi connectivity index (χ2n) is 6.67. The summed E-state index contributed by atoms with van der Waals surface area (Å²) in [7, 11) is 1.65. The van der Waals surface area contributed by atoms with E-state index in [1.165, 1.54) is 11.3 Å². The lowest BCUT2D eigenvalue weighted by Crippen LogP contribution is -2.30. The summed E-state index contributed by atoms with van der Waals surface area (Å²) in [6, 6.07) is 17.7. The van der Waals surface area contributed by atoms with Gasteiger partial charge >= 0.3 is 0 Å². The van der Waals surface area contributed by atoms with Crippen LogP contribution in [-0.2, 0) is 17.9 Å². The number of anilines is 1. The molecule has 2 heterocycles. The van der Waals surface area contributed by atoms with Crippen LogP contribution in [0.3, 0.4) is 0 Å². The highest BCUT2D eigenvalue weighted by atomic mass is 32.1. The number of hydrogen-bond acceptors (Lipinski definition) is 5. The molecule has 0 spiro atoms. The number of benzene rings is 2. The van der Waals surface area contributed by atoms with Gasteiger partial charge in [0.25, 0.3) is 0 Å². The predicted molar refractivity (Wildman–Crippen MR) is 115 cm³/mol. The fraction of sp³-hybridized carbons (Fsp3) is 0.227. The largest absolute Gasteiger partial charge is 0.497 e. The average Bonchev–Trinajstić information content (AvgIpc) is 3.41. The Bertz CT molecular complexity index is 1080. The molecule has 1 amide bonds. The highest BCUT2D eigenvalue weighted by Gasteiger charge is 2.20. The third kappa shape index (κ3) is 4.63. The zero-order chi connectivity index (χ0) is 20.1. The van der Waals surface area contributed by atoms with Gasteiger partial charge in [-0.25, -0.2) is 4.98 Å². The summed E-state index contributed by atoms with van der Waals surface area (Å²) in [4.78, 5) is 19.6. The molecule has 0 N–H and O–H groups in total. The Kier molecular flexibility index (Phi) is 5.86. The van der Waals surface area contributed by atoms with Crippen LogP contribution < -0.4 is 9.64 Å². The van der Waals surface area contributed by atoms with Crippen molar-refractivity contribution in [2.45, 2.75) is 25.9 Å². The highest BCUT2D eigenvalue weighted by molar-refractivity contribution is 7.22. The number of thiazole rings is 1. The van der Waals surface area contributed by atoms with E-state index in [-0.39, 0.29) is 5.91 Å². The molecule has 7 heteroatoms. The molecule has 0 fully saturated rings. The lowest BCUT2D eigenvalue weighted by Gasteiger charge is -2.20. The smallest absolute Gasteiger partial charge is 0.229 e. The van der Waals surface area contributed by atoms with Crippen LogP contribution in [-0.4, -0.2) is 27.8 Å². The van der Waals surface area contributed by atoms with Gasteiger partial charge in [-0.1, -0.05) is 41.7 Å². The van der Waals surface area contributed by atoms with E-state index >= 15 is 0 Å². The van der Waals surface area contributed by atoms with Crippen LogP contribution >= 0.6 is 11.3 Å². The van der Waals surface area contributed by atoms with Crippen molar-refractivity contribution < 1.29 is 9.53 Å². The van der Waals surface area contributed by atoms with Gasteiger partial charge in [-0.05, 0) is 36.2 Å². The third-order valence-electron chi connectivity index (χ3n) is 4.64. The molecule has 0 aliphatic carbocycles. The van der Waals surface area contributed by atoms with Gasteiger partial charge in [0.15, 0.2) is 5.13 Å². The lowest BCUT2D eigenvalue weighted by molar-refractivity contribution is -0.118. The molecule has 4 rings (SSSR count). The minimum atomic E-state index is 0.0621. The Balaban J connectivity index is 1.56. The minimum absolute atomic E-state index is 0.0621. The molecule has 148 valence electrons. The van der Waals surface area contributed by atoms with Crippen molar-refractivity contribution in [3.05, 3.63) is 72.6 Å². The summed E-state index contributed by atoms with van der Waals surface area (Å²) < 4.78 is 8.16. The van der Waals surface area contributed by atoms with Gasteiger partial charge in [0, 0.05) is 25.4 Å². The Morgan fingerprint density at radius 2 is 2.03 bits per heavy atom. The maximum Gasteiger partial charge on any atom is 0.229 e. The first-order valence-corrected chi connectivity index (χ1v) is 10.3. The van der Waals surface area contributed by atoms with E-state index in [1.807, 2.05) is 65.5 Å². The Labute approximate surface area is 173 Å². The topological polar surface area (TPSA) is 60.2 Å². The van der Waals surface area contributed by atoms with Crippen molar-refractivity contribution in [1.29, 1.82) is 0 Å². The second-order valence-corrected chi connectivity index (χ2v) is 7.68. The van der Waals surface area contributed by atoms with E-state index in [2.05, 4.69) is 5.10 Å². The first-order chi connectivity index (χ1) is 14.2. The zero-order valence-corrected chi connectivity index (χ0v) is 17.0. The number of hydrogen-bond donors (Lipinski definition) is 0. The van der Waals surface area contributed by atoms with Gasteiger partial charge in [-0.15, -0.1) is 0 Å². The van der Waals surface area contributed by atoms with E-state index in [9.17, 15) is 4.79 Å². The summed E-state index contributed by atoms with van der Waals surface area (Å²) in [5.74, 6) is 0.847. The number of amides is 1. The fourth-order valence-corrected chi connectivity index (χ4v) is 4.13. The quantitative estimate of drug-likeness (QED) is 0.432. The number of rotatable bonds is 8. The number of methoxy groups -OCH3 is 1. The Hall–Kier alpha value is -3.19. The predicted octanol–water partition coefficient (Wildman–Crippen LogP) is 4.52. The summed E-state index contributed by atoms with van der Waals surface area (Å²) in [5.41, 5.74) is 1.94. The second kappa shape index (κ2) is 8.87. The highest BCUT2D eigenvalue weighted by Crippen LogP contribution is 2.32. The molecule has 0 saturated carbocycles. The molecule has 0 aliphatic rings. The van der Waals surface area contributed by atoms with Gasteiger partial charge in [-0.2, -0.15) is 5.10 Å². The molecular weight excluding hydrogens is 384 g/mol. The van der Waals surface area contributed by atoms with E-state index < -0.39 is 0 Å². The standard InChI is InChI=1S/C22H22N4O2S/c1-28-18-10-11-19-20(15-18)29-22(24-19)26(16-17-7-3-2-4-8-17)21(27)9-5-13-25-14-6-12-23-25/h2-4,6-8,10-12,14-15H,5,9,13,16H2,1H3. The molecule has 2 aromatic carbocycles. The number of aryl methyl sites for hydroxylation is 1. The molecule has 4 aromatic rings. The number of ether oxygens (including phenoxy) is 1. The van der Waals surface area contributed by atoms with E-state index in [1.54, 1.807) is 18.2 Å². The summed E-state index contributed by atoms with van der Waals surface area (Å²) in [6.07, 6.45) is 4.82. The van der Waals surface area contributed by atoms with Gasteiger partial charge in [0.1, 0.15) is 5.75 Å². The van der Waals surface area contributed by atoms with Gasteiger partial charge < -0.3 is 4.74 Å². The molecule has 29 heavy (non-hydrogen) atoms. The maximum absolute atomic E-state index is 13.1. The molecule has 2 aromatic heterocycles. The van der Waals surface area contributed by atoms with Crippen LogP contribution in [0.15, 0.2) is 67.0 Å². The van der Waals surface area contributed by atoms with Crippen molar-refractivity contribution in [2.75, 3.05) is 12.0 Å². The van der Waals surface area contributed by atoms with Crippen molar-refractivity contribution in [1.82, 2.24) is 14.8 Å². The molecule has 0 radical (unpaired) electrons. The first kappa shape index (κ1) is 19.1. The van der Waals surface area contributed by atoms with E-state index in [0.29, 0.717) is 18.1 Å². The number of fused-ring (bicyclic) bond motifs is 1. The van der Waals surface area contributed by atoms with Crippen LogP contribution in [0.1, 0.15) is 18.4 Å². The third-order valence-corrected chi connectivity index (χ3v) is 5.68. The number of carbonyl (C=O) groups is 1. The SMILES string of the molecule is COc1ccc2nc(N(Cc3ccccc3)C(=O)CCCn3cccn3)sc2c1. The van der Waals surface area contributed by atoms with Gasteiger partial charge in [0.05, 0.1) is 23.9 Å². The molecule has 0 atom stereocenters. The van der Waals surface area contributed by atoms with E-state index in [0.717, 1.165) is 34.5 Å². The van der Waals surface area contributed by atoms with E-state index in [4.69, 9.17) is 9.72 Å². The molecule has 0 aliphatic heterocycles. The summed E-state index contributed by atoms with van der Waals surface area (Å²) in [6.45, 7) is 1.22. The van der Waals surface area contributed by atoms with Crippen LogP contribution in [0.4, 0.5) is 5.13 Å². The number of carbonyl (C=O) groups excluding carboxylic acids is 1. The Morgan fingerprint density at radius 1 is 1.17 bits per heavy atom. The normalized spacial score (nSPS) is 10.9. The Morgan fingerprint density at radius 3 is 2.79 bits per heavy atom. The van der Waals surface area contributed by atoms with Crippen LogP contribution in [0.2, 0.25) is 0 Å². The molecule has 6 nitrogen and oxygen atoms in total. The molecule has 0 saturated heterocycles. The van der Waals surface area contributed by atoms with Crippen LogP contribution in [0, 0.1) is 0 Å². The van der Waals surface area contributed by atoms with Crippen molar-refractivity contribution in [2.24, 2.45) is 0 Å². The fourth-order valence-electron chi connectivity index (χ4n) is 3.12. The van der Waals surface area contributed by atoms with Gasteiger partial charge in [0.2, 0.25) is 5.91 Å². The molecule has 0 bridgehead atoms. The van der Waals surface area contributed by atoms with Crippen LogP contribution in [0.25, 0.3) is 10.2 Å². The van der Waals surface area contributed by atoms with Crippen molar-refractivity contribution in [3.63, 3.8) is 0 Å². The van der Waals surface area contributed by atoms with Crippen LogP contribution in [0.5, 0.6) is 5.75 Å². The minimum Gasteiger partial charge on any atom is -0.497 e. The van der Waals surface area contributed by atoms with Crippen molar-refractivity contribution in [3.8, 4) is 5.75 Å². The zero-order valence-electron chi connectivity index (χ0n) is 16.2. The maximum atomic E-state index is 13.1. The lowest BCUT2D eigenvalue weighted by atomic mass is 10.2. The molecular formula is C22H22N4O2S. The first-order valence-electron chi connectivity index (χ1n) is 9.49. The summed E-state index contributed by atoms with van der Waals surface area (Å²) >= 11 is 1.51. The van der Waals surface area contributed by atoms with Crippen molar-refractivity contribution >= 4 is 32.6 Å². The summed E-state index contributed by atoms with van der Waals surface area (Å²) in [5, 5.41) is 4.91. The average molecular weight is 407 g/mol. The molecule has 0 unspecified atom stereocenters. The van der Waals surface area contributed by atoms with Gasteiger partial charge in [-0.3, -0.25) is 14.4 Å². The number of aromatic nitrogens is 3.